The molecular weight excluding hydrogens is 446 g/mol. The molecule has 1 saturated heterocycles. The van der Waals surface area contributed by atoms with Gasteiger partial charge in [0, 0.05) is 19.0 Å². The number of carbonyl (C=O) groups excluding carboxylic acids is 2. The molecule has 0 saturated carbocycles. The number of nitrogens with one attached hydrogen (secondary N) is 1. The summed E-state index contributed by atoms with van der Waals surface area (Å²) in [6.45, 7) is 2.17. The molecule has 2 aromatic heterocycles. The van der Waals surface area contributed by atoms with Crippen molar-refractivity contribution in [2.45, 2.75) is 24.0 Å². The first kappa shape index (κ1) is 21.2. The Kier molecular flexibility index (Phi) is 6.40. The topological polar surface area (TPSA) is 106 Å². The molecule has 152 valence electrons. The van der Waals surface area contributed by atoms with Crippen molar-refractivity contribution in [2.75, 3.05) is 25.5 Å². The summed E-state index contributed by atoms with van der Waals surface area (Å²) in [5.74, 6) is -1.06. The van der Waals surface area contributed by atoms with Gasteiger partial charge in [-0.15, -0.1) is 11.3 Å². The molecule has 1 amide bonds. The van der Waals surface area contributed by atoms with E-state index in [4.69, 9.17) is 11.6 Å². The number of rotatable bonds is 5. The van der Waals surface area contributed by atoms with E-state index in [0.717, 1.165) is 22.7 Å². The van der Waals surface area contributed by atoms with E-state index in [-0.39, 0.29) is 29.1 Å². The molecule has 0 unspecified atom stereocenters. The number of ether oxygens (including phenoxy) is 1. The molecular formula is C16H18ClN3O5S3. The molecule has 0 spiro atoms. The van der Waals surface area contributed by atoms with Gasteiger partial charge in [0.25, 0.3) is 10.0 Å². The van der Waals surface area contributed by atoms with E-state index in [1.165, 1.54) is 17.5 Å². The lowest BCUT2D eigenvalue weighted by Crippen LogP contribution is -2.41. The molecule has 3 heterocycles. The predicted molar refractivity (Wildman–Crippen MR) is 108 cm³/mol. The molecule has 2 aromatic rings. The minimum absolute atomic E-state index is 0.203. The third-order valence-electron chi connectivity index (χ3n) is 4.36. The van der Waals surface area contributed by atoms with Crippen molar-refractivity contribution in [1.29, 1.82) is 0 Å². The molecule has 1 aliphatic rings. The summed E-state index contributed by atoms with van der Waals surface area (Å²) in [5, 5.41) is 3.04. The Labute approximate surface area is 175 Å². The average Bonchev–Trinajstić information content (AvgIpc) is 3.27. The maximum absolute atomic E-state index is 12.6. The van der Waals surface area contributed by atoms with E-state index in [1.807, 2.05) is 0 Å². The second-order valence-corrected chi connectivity index (χ2v) is 11.0. The van der Waals surface area contributed by atoms with Crippen molar-refractivity contribution >= 4 is 61.3 Å². The average molecular weight is 464 g/mol. The summed E-state index contributed by atoms with van der Waals surface area (Å²) >= 11 is 7.91. The van der Waals surface area contributed by atoms with Crippen LogP contribution >= 0.6 is 34.3 Å². The first-order valence-electron chi connectivity index (χ1n) is 8.34. The normalized spacial score (nSPS) is 16.1. The molecule has 0 aliphatic carbocycles. The molecule has 0 aromatic carbocycles. The highest BCUT2D eigenvalue weighted by molar-refractivity contribution is 7.91. The van der Waals surface area contributed by atoms with E-state index in [2.05, 4.69) is 15.0 Å². The minimum Gasteiger partial charge on any atom is -0.465 e. The van der Waals surface area contributed by atoms with Gasteiger partial charge in [-0.25, -0.2) is 18.2 Å². The number of hydrogen-bond donors (Lipinski definition) is 1. The van der Waals surface area contributed by atoms with E-state index in [9.17, 15) is 18.0 Å². The van der Waals surface area contributed by atoms with Crippen molar-refractivity contribution in [1.82, 2.24) is 9.29 Å². The van der Waals surface area contributed by atoms with Crippen LogP contribution < -0.4 is 5.32 Å². The highest BCUT2D eigenvalue weighted by Crippen LogP contribution is 2.31. The van der Waals surface area contributed by atoms with Crippen LogP contribution in [0.1, 0.15) is 28.2 Å². The van der Waals surface area contributed by atoms with Crippen LogP contribution in [0.3, 0.4) is 0 Å². The minimum atomic E-state index is -3.59. The van der Waals surface area contributed by atoms with Gasteiger partial charge in [0.1, 0.15) is 9.09 Å². The molecule has 0 atom stereocenters. The fraction of sp³-hybridized carbons (Fsp3) is 0.438. The summed E-state index contributed by atoms with van der Waals surface area (Å²) in [7, 11) is -2.31. The molecule has 8 nitrogen and oxygen atoms in total. The largest absolute Gasteiger partial charge is 0.465 e. The molecule has 3 rings (SSSR count). The van der Waals surface area contributed by atoms with Crippen LogP contribution in [0.5, 0.6) is 0 Å². The number of piperidine rings is 1. The Morgan fingerprint density at radius 3 is 2.54 bits per heavy atom. The third kappa shape index (κ3) is 4.38. The zero-order valence-corrected chi connectivity index (χ0v) is 18.3. The van der Waals surface area contributed by atoms with Crippen LogP contribution in [-0.4, -0.2) is 49.8 Å². The van der Waals surface area contributed by atoms with Crippen molar-refractivity contribution in [3.05, 3.63) is 27.0 Å². The number of amides is 1. The Balaban J connectivity index is 1.60. The van der Waals surface area contributed by atoms with E-state index >= 15 is 0 Å². The van der Waals surface area contributed by atoms with Crippen LogP contribution in [0.2, 0.25) is 4.34 Å². The van der Waals surface area contributed by atoms with Crippen molar-refractivity contribution in [3.63, 3.8) is 0 Å². The fourth-order valence-electron chi connectivity index (χ4n) is 2.86. The van der Waals surface area contributed by atoms with Gasteiger partial charge in [-0.1, -0.05) is 22.9 Å². The predicted octanol–water partition coefficient (Wildman–Crippen LogP) is 2.99. The second-order valence-electron chi connectivity index (χ2n) is 6.15. The Morgan fingerprint density at radius 1 is 1.29 bits per heavy atom. The summed E-state index contributed by atoms with van der Waals surface area (Å²) < 4.78 is 31.9. The van der Waals surface area contributed by atoms with Gasteiger partial charge >= 0.3 is 5.97 Å². The summed E-state index contributed by atoms with van der Waals surface area (Å²) in [5.41, 5.74) is 0.489. The Morgan fingerprint density at radius 2 is 1.96 bits per heavy atom. The van der Waals surface area contributed by atoms with Crippen molar-refractivity contribution in [2.24, 2.45) is 5.92 Å². The number of anilines is 1. The van der Waals surface area contributed by atoms with Crippen LogP contribution in [-0.2, 0) is 19.6 Å². The lowest BCUT2D eigenvalue weighted by Gasteiger charge is -2.29. The van der Waals surface area contributed by atoms with Gasteiger partial charge in [-0.2, -0.15) is 4.31 Å². The summed E-state index contributed by atoms with van der Waals surface area (Å²) in [6.07, 6.45) is 0.802. The first-order valence-corrected chi connectivity index (χ1v) is 11.8. The first-order chi connectivity index (χ1) is 13.2. The van der Waals surface area contributed by atoms with Gasteiger partial charge in [0.15, 0.2) is 5.13 Å². The summed E-state index contributed by atoms with van der Waals surface area (Å²) in [4.78, 5) is 28.7. The zero-order chi connectivity index (χ0) is 20.5. The van der Waals surface area contributed by atoms with Gasteiger partial charge in [-0.3, -0.25) is 4.79 Å². The highest BCUT2D eigenvalue weighted by Gasteiger charge is 2.33. The third-order valence-corrected chi connectivity index (χ3v) is 9.02. The highest BCUT2D eigenvalue weighted by atomic mass is 35.5. The molecule has 12 heteroatoms. The van der Waals surface area contributed by atoms with Gasteiger partial charge in [0.2, 0.25) is 5.91 Å². The molecule has 0 radical (unpaired) electrons. The number of aryl methyl sites for hydroxylation is 1. The standard InChI is InChI=1S/C16H18ClN3O5S3/c1-9-13(15(22)25-2)27-16(18-9)19-14(21)10-5-7-20(8-6-10)28(23,24)12-4-3-11(17)26-12/h3-4,10H,5-8H2,1-2H3,(H,18,19,21). The number of sulfonamides is 1. The number of nitrogens with zero attached hydrogens (tertiary/aromatic N) is 2. The number of thiophene rings is 1. The van der Waals surface area contributed by atoms with Gasteiger partial charge < -0.3 is 10.1 Å². The molecule has 28 heavy (non-hydrogen) atoms. The van der Waals surface area contributed by atoms with E-state index in [0.29, 0.717) is 32.9 Å². The number of carbonyl (C=O) groups is 2. The zero-order valence-electron chi connectivity index (χ0n) is 15.1. The molecule has 1 fully saturated rings. The molecule has 1 N–H and O–H groups in total. The number of hydrogen-bond acceptors (Lipinski definition) is 8. The van der Waals surface area contributed by atoms with Crippen molar-refractivity contribution in [3.8, 4) is 0 Å². The van der Waals surface area contributed by atoms with Gasteiger partial charge in [0.05, 0.1) is 17.1 Å². The summed E-state index contributed by atoms with van der Waals surface area (Å²) in [6, 6.07) is 3.04. The fourth-order valence-corrected chi connectivity index (χ4v) is 6.86. The van der Waals surface area contributed by atoms with Gasteiger partial charge in [-0.05, 0) is 31.9 Å². The lowest BCUT2D eigenvalue weighted by atomic mass is 9.97. The van der Waals surface area contributed by atoms with Crippen LogP contribution in [0.4, 0.5) is 5.13 Å². The molecule has 0 bridgehead atoms. The number of esters is 1. The Hall–Kier alpha value is -1.53. The second kappa shape index (κ2) is 8.46. The number of thiazole rings is 1. The number of aromatic nitrogens is 1. The quantitative estimate of drug-likeness (QED) is 0.683. The SMILES string of the molecule is COC(=O)c1sc(NC(=O)C2CCN(S(=O)(=O)c3ccc(Cl)s3)CC2)nc1C. The van der Waals surface area contributed by atoms with Crippen LogP contribution in [0.25, 0.3) is 0 Å². The van der Waals surface area contributed by atoms with E-state index in [1.54, 1.807) is 13.0 Å². The smallest absolute Gasteiger partial charge is 0.350 e. The lowest BCUT2D eigenvalue weighted by molar-refractivity contribution is -0.120. The van der Waals surface area contributed by atoms with Crippen molar-refractivity contribution < 1.29 is 22.7 Å². The maximum Gasteiger partial charge on any atom is 0.350 e. The number of halogens is 1. The maximum atomic E-state index is 12.6. The van der Waals surface area contributed by atoms with E-state index < -0.39 is 16.0 Å². The Bertz CT molecular complexity index is 993. The van der Waals surface area contributed by atoms with Crippen LogP contribution in [0, 0.1) is 12.8 Å². The number of methoxy groups -OCH3 is 1. The van der Waals surface area contributed by atoms with Crippen LogP contribution in [0.15, 0.2) is 16.3 Å². The molecule has 1 aliphatic heterocycles. The monoisotopic (exact) mass is 463 g/mol.